The summed E-state index contributed by atoms with van der Waals surface area (Å²) in [5.41, 5.74) is 0. The molecule has 0 aliphatic heterocycles. The second-order valence-corrected chi connectivity index (χ2v) is 10.7. The number of amides is 1. The quantitative estimate of drug-likeness (QED) is 0.363. The van der Waals surface area contributed by atoms with E-state index < -0.39 is 5.97 Å². The van der Waals surface area contributed by atoms with Gasteiger partial charge >= 0.3 is 5.97 Å². The van der Waals surface area contributed by atoms with Crippen molar-refractivity contribution in [2.24, 2.45) is 17.8 Å². The summed E-state index contributed by atoms with van der Waals surface area (Å²) in [7, 11) is 0. The van der Waals surface area contributed by atoms with E-state index in [1.165, 1.54) is 29.0 Å². The fraction of sp³-hybridized carbons (Fsp3) is 0.500. The molecular weight excluding hydrogens is 414 g/mol. The first-order valence-corrected chi connectivity index (χ1v) is 12.6. The first-order chi connectivity index (χ1) is 14.6. The standard InChI is InChI=1S/C24H29NO3S2/c26-22(27)8-4-2-1-3-7-20-16-9-10-17(14-16)23(20)25-24(28)21-12-11-19(30-21)15-18-6-5-13-29-18/h1,3,5-6,11-13,16-17,20,23H,2,4,7-10,14-15H2,(H,25,28)(H,26,27)/b3-1+. The highest BCUT2D eigenvalue weighted by atomic mass is 32.1. The Morgan fingerprint density at radius 3 is 2.80 bits per heavy atom. The van der Waals surface area contributed by atoms with Crippen LogP contribution >= 0.6 is 22.7 Å². The number of allylic oxidation sites excluding steroid dienone is 2. The lowest BCUT2D eigenvalue weighted by Crippen LogP contribution is -2.43. The Morgan fingerprint density at radius 2 is 2.00 bits per heavy atom. The molecule has 0 aromatic carbocycles. The molecule has 4 rings (SSSR count). The molecule has 30 heavy (non-hydrogen) atoms. The van der Waals surface area contributed by atoms with E-state index in [4.69, 9.17) is 5.11 Å². The molecule has 4 nitrogen and oxygen atoms in total. The Morgan fingerprint density at radius 1 is 1.13 bits per heavy atom. The average Bonchev–Trinajstić information content (AvgIpc) is 3.50. The summed E-state index contributed by atoms with van der Waals surface area (Å²) in [6.45, 7) is 0. The lowest BCUT2D eigenvalue weighted by molar-refractivity contribution is -0.137. The SMILES string of the molecule is O=C(O)CCC/C=C/CC1C2CCC(C2)C1NC(=O)c1ccc(Cc2cccs2)s1. The van der Waals surface area contributed by atoms with Crippen LogP contribution in [0.15, 0.2) is 41.8 Å². The zero-order valence-electron chi connectivity index (χ0n) is 17.1. The Hall–Kier alpha value is -1.92. The molecule has 2 aromatic rings. The summed E-state index contributed by atoms with van der Waals surface area (Å²) in [4.78, 5) is 26.9. The molecule has 2 N–H and O–H groups in total. The predicted molar refractivity (Wildman–Crippen MR) is 122 cm³/mol. The molecule has 2 fully saturated rings. The maximum absolute atomic E-state index is 12.9. The molecule has 0 spiro atoms. The van der Waals surface area contributed by atoms with Crippen LogP contribution in [0.2, 0.25) is 0 Å². The number of hydrogen-bond acceptors (Lipinski definition) is 4. The molecule has 2 saturated carbocycles. The number of carbonyl (C=O) groups excluding carboxylic acids is 1. The molecule has 2 aromatic heterocycles. The number of carbonyl (C=O) groups is 2. The Kier molecular flexibility index (Phi) is 7.05. The minimum absolute atomic E-state index is 0.0745. The minimum Gasteiger partial charge on any atom is -0.481 e. The van der Waals surface area contributed by atoms with Gasteiger partial charge in [0.1, 0.15) is 0 Å². The maximum atomic E-state index is 12.9. The third kappa shape index (κ3) is 5.22. The number of rotatable bonds is 10. The van der Waals surface area contributed by atoms with Crippen molar-refractivity contribution in [3.05, 3.63) is 56.4 Å². The highest BCUT2D eigenvalue weighted by molar-refractivity contribution is 7.14. The number of nitrogens with one attached hydrogen (secondary N) is 1. The molecular formula is C24H29NO3S2. The average molecular weight is 444 g/mol. The summed E-state index contributed by atoms with van der Waals surface area (Å²) in [6.07, 6.45) is 11.7. The van der Waals surface area contributed by atoms with Gasteiger partial charge in [-0.05, 0) is 79.9 Å². The summed E-state index contributed by atoms with van der Waals surface area (Å²) in [5, 5.41) is 14.2. The fourth-order valence-corrected chi connectivity index (χ4v) is 6.87. The zero-order valence-corrected chi connectivity index (χ0v) is 18.7. The van der Waals surface area contributed by atoms with Crippen LogP contribution < -0.4 is 5.32 Å². The Balaban J connectivity index is 1.32. The van der Waals surface area contributed by atoms with Gasteiger partial charge in [-0.15, -0.1) is 22.7 Å². The molecule has 2 bridgehead atoms. The Bertz CT molecular complexity index is 886. The van der Waals surface area contributed by atoms with E-state index in [2.05, 4.69) is 41.0 Å². The van der Waals surface area contributed by atoms with Gasteiger partial charge in [0.25, 0.3) is 5.91 Å². The molecule has 0 saturated heterocycles. The monoisotopic (exact) mass is 443 g/mol. The van der Waals surface area contributed by atoms with Gasteiger partial charge in [0.2, 0.25) is 0 Å². The molecule has 6 heteroatoms. The third-order valence-electron chi connectivity index (χ3n) is 6.54. The number of aliphatic carboxylic acids is 1. The van der Waals surface area contributed by atoms with Crippen LogP contribution in [0, 0.1) is 17.8 Å². The van der Waals surface area contributed by atoms with Crippen molar-refractivity contribution >= 4 is 34.6 Å². The largest absolute Gasteiger partial charge is 0.481 e. The van der Waals surface area contributed by atoms with E-state index in [0.29, 0.717) is 24.2 Å². The summed E-state index contributed by atoms with van der Waals surface area (Å²) >= 11 is 3.36. The van der Waals surface area contributed by atoms with E-state index in [9.17, 15) is 9.59 Å². The molecule has 2 aliphatic carbocycles. The second kappa shape index (κ2) is 9.92. The van der Waals surface area contributed by atoms with Crippen molar-refractivity contribution in [1.29, 1.82) is 0 Å². The molecule has 1 amide bonds. The first-order valence-electron chi connectivity index (χ1n) is 10.9. The summed E-state index contributed by atoms with van der Waals surface area (Å²) < 4.78 is 0. The molecule has 2 aliphatic rings. The lowest BCUT2D eigenvalue weighted by Gasteiger charge is -2.31. The number of thiophene rings is 2. The van der Waals surface area contributed by atoms with Crippen molar-refractivity contribution < 1.29 is 14.7 Å². The van der Waals surface area contributed by atoms with Crippen LogP contribution in [0.4, 0.5) is 0 Å². The molecule has 0 radical (unpaired) electrons. The maximum Gasteiger partial charge on any atom is 0.303 e. The third-order valence-corrected chi connectivity index (χ3v) is 8.50. The van der Waals surface area contributed by atoms with Gasteiger partial charge in [-0.1, -0.05) is 18.2 Å². The Labute approximate surface area is 186 Å². The fourth-order valence-electron chi connectivity index (χ4n) is 5.12. The van der Waals surface area contributed by atoms with Crippen molar-refractivity contribution in [2.75, 3.05) is 0 Å². The van der Waals surface area contributed by atoms with Gasteiger partial charge in [0.15, 0.2) is 0 Å². The number of unbranched alkanes of at least 4 members (excludes halogenated alkanes) is 1. The van der Waals surface area contributed by atoms with E-state index in [1.54, 1.807) is 22.7 Å². The van der Waals surface area contributed by atoms with Crippen molar-refractivity contribution in [3.63, 3.8) is 0 Å². The van der Waals surface area contributed by atoms with Crippen LogP contribution in [0.25, 0.3) is 0 Å². The van der Waals surface area contributed by atoms with Gasteiger partial charge in [-0.3, -0.25) is 9.59 Å². The molecule has 4 atom stereocenters. The highest BCUT2D eigenvalue weighted by Gasteiger charge is 2.47. The summed E-state index contributed by atoms with van der Waals surface area (Å²) in [5.74, 6) is 1.17. The van der Waals surface area contributed by atoms with Gasteiger partial charge in [-0.25, -0.2) is 0 Å². The number of carboxylic acid groups (broad SMARTS) is 1. The zero-order chi connectivity index (χ0) is 20.9. The lowest BCUT2D eigenvalue weighted by atomic mass is 9.82. The molecule has 2 heterocycles. The topological polar surface area (TPSA) is 66.4 Å². The van der Waals surface area contributed by atoms with Crippen LogP contribution in [0.3, 0.4) is 0 Å². The van der Waals surface area contributed by atoms with E-state index in [-0.39, 0.29) is 18.4 Å². The number of carboxylic acids is 1. The van der Waals surface area contributed by atoms with Gasteiger partial charge in [0, 0.05) is 28.6 Å². The van der Waals surface area contributed by atoms with Crippen LogP contribution in [-0.2, 0) is 11.2 Å². The second-order valence-electron chi connectivity index (χ2n) is 8.51. The van der Waals surface area contributed by atoms with Gasteiger partial charge in [-0.2, -0.15) is 0 Å². The van der Waals surface area contributed by atoms with Crippen LogP contribution in [0.1, 0.15) is 64.4 Å². The van der Waals surface area contributed by atoms with Crippen molar-refractivity contribution in [3.8, 4) is 0 Å². The first kappa shape index (κ1) is 21.3. The predicted octanol–water partition coefficient (Wildman–Crippen LogP) is 5.75. The van der Waals surface area contributed by atoms with Crippen LogP contribution in [-0.4, -0.2) is 23.0 Å². The highest BCUT2D eigenvalue weighted by Crippen LogP contribution is 2.50. The smallest absolute Gasteiger partial charge is 0.303 e. The van der Waals surface area contributed by atoms with Crippen LogP contribution in [0.5, 0.6) is 0 Å². The van der Waals surface area contributed by atoms with E-state index in [1.807, 2.05) is 6.07 Å². The number of hydrogen-bond donors (Lipinski definition) is 2. The van der Waals surface area contributed by atoms with Crippen molar-refractivity contribution in [2.45, 2.75) is 57.4 Å². The molecule has 4 unspecified atom stereocenters. The van der Waals surface area contributed by atoms with Gasteiger partial charge in [0.05, 0.1) is 4.88 Å². The van der Waals surface area contributed by atoms with Gasteiger partial charge < -0.3 is 10.4 Å². The van der Waals surface area contributed by atoms with E-state index in [0.717, 1.165) is 24.1 Å². The van der Waals surface area contributed by atoms with E-state index >= 15 is 0 Å². The van der Waals surface area contributed by atoms with Crippen molar-refractivity contribution in [1.82, 2.24) is 5.32 Å². The molecule has 160 valence electrons. The normalized spacial score (nSPS) is 25.2. The summed E-state index contributed by atoms with van der Waals surface area (Å²) in [6, 6.07) is 8.52. The minimum atomic E-state index is -0.730. The number of fused-ring (bicyclic) bond motifs is 2.